The highest BCUT2D eigenvalue weighted by Crippen LogP contribution is 2.25. The molecule has 2 aromatic carbocycles. The summed E-state index contributed by atoms with van der Waals surface area (Å²) in [5, 5.41) is 10.8. The van der Waals surface area contributed by atoms with E-state index in [9.17, 15) is 19.3 Å². The van der Waals surface area contributed by atoms with Gasteiger partial charge in [0.05, 0.1) is 4.92 Å². The number of amides is 1. The second-order valence-corrected chi connectivity index (χ2v) is 7.27. The van der Waals surface area contributed by atoms with Crippen molar-refractivity contribution in [2.24, 2.45) is 0 Å². The summed E-state index contributed by atoms with van der Waals surface area (Å²) >= 11 is 0. The van der Waals surface area contributed by atoms with Gasteiger partial charge in [-0.15, -0.1) is 0 Å². The lowest BCUT2D eigenvalue weighted by Crippen LogP contribution is -2.53. The summed E-state index contributed by atoms with van der Waals surface area (Å²) in [5.74, 6) is -0.233. The maximum atomic E-state index is 13.1. The van der Waals surface area contributed by atoms with Crippen molar-refractivity contribution < 1.29 is 14.1 Å². The predicted octanol–water partition coefficient (Wildman–Crippen LogP) is 1.99. The lowest BCUT2D eigenvalue weighted by Gasteiger charge is -2.37. The van der Waals surface area contributed by atoms with Crippen LogP contribution in [0.25, 0.3) is 0 Å². The number of non-ortho nitro benzene ring substituents is 1. The smallest absolute Gasteiger partial charge is 0.269 e. The Morgan fingerprint density at radius 2 is 1.66 bits per heavy atom. The number of nitrogens with zero attached hydrogens (tertiary/aromatic N) is 3. The number of hydrogen-bond acceptors (Lipinski definition) is 6. The molecule has 0 bridgehead atoms. The zero-order valence-corrected chi connectivity index (χ0v) is 15.8. The third-order valence-corrected chi connectivity index (χ3v) is 5.49. The van der Waals surface area contributed by atoms with Gasteiger partial charge in [0.2, 0.25) is 5.91 Å². The monoisotopic (exact) mass is 399 g/mol. The van der Waals surface area contributed by atoms with E-state index in [1.165, 1.54) is 24.3 Å². The summed E-state index contributed by atoms with van der Waals surface area (Å²) in [7, 11) is 0. The maximum absolute atomic E-state index is 13.1. The van der Waals surface area contributed by atoms with E-state index >= 15 is 0 Å². The summed E-state index contributed by atoms with van der Waals surface area (Å²) in [6.07, 6.45) is 0.604. The first-order valence-electron chi connectivity index (χ1n) is 9.56. The Morgan fingerprint density at radius 1 is 1.00 bits per heavy atom. The fourth-order valence-electron chi connectivity index (χ4n) is 3.82. The summed E-state index contributed by atoms with van der Waals surface area (Å²) in [6.45, 7) is 2.53. The molecule has 0 aromatic heterocycles. The number of rotatable bonds is 4. The number of benzene rings is 2. The molecule has 0 radical (unpaired) electrons. The van der Waals surface area contributed by atoms with Crippen LogP contribution in [0.1, 0.15) is 18.0 Å². The molecule has 0 aliphatic carbocycles. The number of nitro groups is 1. The van der Waals surface area contributed by atoms with E-state index in [1.54, 1.807) is 24.3 Å². The molecule has 2 heterocycles. The molecule has 2 unspecified atom stereocenters. The molecular formula is C20H22FN5O3. The molecule has 2 aliphatic rings. The van der Waals surface area contributed by atoms with Gasteiger partial charge in [-0.3, -0.25) is 14.9 Å². The summed E-state index contributed by atoms with van der Waals surface area (Å²) in [5.41, 5.74) is 8.12. The van der Waals surface area contributed by atoms with Crippen LogP contribution < -0.4 is 15.8 Å². The van der Waals surface area contributed by atoms with Gasteiger partial charge in [-0.1, -0.05) is 12.1 Å². The third kappa shape index (κ3) is 4.20. The number of carbonyl (C=O) groups is 1. The summed E-state index contributed by atoms with van der Waals surface area (Å²) in [6, 6.07) is 12.4. The van der Waals surface area contributed by atoms with Gasteiger partial charge >= 0.3 is 0 Å². The topological polar surface area (TPSA) is 90.8 Å². The molecule has 2 aromatic rings. The number of hydrazine groups is 1. The molecule has 4 rings (SSSR count). The van der Waals surface area contributed by atoms with Crippen LogP contribution in [-0.4, -0.2) is 48.0 Å². The maximum Gasteiger partial charge on any atom is 0.269 e. The number of anilines is 1. The van der Waals surface area contributed by atoms with Crippen LogP contribution in [0.3, 0.4) is 0 Å². The first-order valence-corrected chi connectivity index (χ1v) is 9.56. The first-order chi connectivity index (χ1) is 14.0. The molecule has 0 spiro atoms. The minimum atomic E-state index is -0.414. The van der Waals surface area contributed by atoms with Crippen molar-refractivity contribution in [3.8, 4) is 0 Å². The Balaban J connectivity index is 1.31. The van der Waals surface area contributed by atoms with Crippen molar-refractivity contribution in [2.75, 3.05) is 31.1 Å². The fourth-order valence-corrected chi connectivity index (χ4v) is 3.82. The molecular weight excluding hydrogens is 377 g/mol. The molecule has 1 amide bonds. The van der Waals surface area contributed by atoms with E-state index in [0.717, 1.165) is 11.3 Å². The number of halogens is 1. The molecule has 2 N–H and O–H groups in total. The largest absolute Gasteiger partial charge is 0.368 e. The van der Waals surface area contributed by atoms with Crippen LogP contribution in [0.4, 0.5) is 15.8 Å². The molecule has 0 saturated carbocycles. The summed E-state index contributed by atoms with van der Waals surface area (Å²) < 4.78 is 13.1. The van der Waals surface area contributed by atoms with Crippen molar-refractivity contribution in [3.05, 3.63) is 70.0 Å². The van der Waals surface area contributed by atoms with E-state index in [4.69, 9.17) is 0 Å². The predicted molar refractivity (Wildman–Crippen MR) is 106 cm³/mol. The highest BCUT2D eigenvalue weighted by atomic mass is 19.1. The molecule has 29 heavy (non-hydrogen) atoms. The van der Waals surface area contributed by atoms with Crippen molar-refractivity contribution in [3.63, 3.8) is 0 Å². The number of nitrogens with one attached hydrogen (secondary N) is 2. The Hall–Kier alpha value is -3.04. The van der Waals surface area contributed by atoms with Crippen LogP contribution in [0.15, 0.2) is 48.5 Å². The van der Waals surface area contributed by atoms with Crippen LogP contribution in [0.5, 0.6) is 0 Å². The van der Waals surface area contributed by atoms with E-state index < -0.39 is 4.92 Å². The van der Waals surface area contributed by atoms with Crippen LogP contribution in [-0.2, 0) is 4.79 Å². The van der Waals surface area contributed by atoms with Gasteiger partial charge in [-0.05, 0) is 36.2 Å². The van der Waals surface area contributed by atoms with Crippen molar-refractivity contribution in [1.82, 2.24) is 15.8 Å². The van der Waals surface area contributed by atoms with Gasteiger partial charge in [0, 0.05) is 50.0 Å². The quantitative estimate of drug-likeness (QED) is 0.604. The molecule has 2 saturated heterocycles. The zero-order chi connectivity index (χ0) is 20.4. The summed E-state index contributed by atoms with van der Waals surface area (Å²) in [4.78, 5) is 27.2. The Labute approximate surface area is 167 Å². The molecule has 8 nitrogen and oxygen atoms in total. The van der Waals surface area contributed by atoms with Gasteiger partial charge in [-0.25, -0.2) is 15.2 Å². The normalized spacial score (nSPS) is 22.0. The van der Waals surface area contributed by atoms with E-state index in [-0.39, 0.29) is 29.5 Å². The lowest BCUT2D eigenvalue weighted by atomic mass is 10.0. The second-order valence-electron chi connectivity index (χ2n) is 7.27. The minimum Gasteiger partial charge on any atom is -0.368 e. The molecule has 2 atom stereocenters. The van der Waals surface area contributed by atoms with Crippen LogP contribution >= 0.6 is 0 Å². The highest BCUT2D eigenvalue weighted by molar-refractivity contribution is 5.82. The van der Waals surface area contributed by atoms with Gasteiger partial charge in [0.15, 0.2) is 0 Å². The van der Waals surface area contributed by atoms with Gasteiger partial charge in [-0.2, -0.15) is 0 Å². The van der Waals surface area contributed by atoms with Gasteiger partial charge in [0.1, 0.15) is 11.9 Å². The van der Waals surface area contributed by atoms with E-state index in [2.05, 4.69) is 15.8 Å². The second kappa shape index (κ2) is 8.14. The molecule has 152 valence electrons. The number of carbonyl (C=O) groups excluding carboxylic acids is 1. The lowest BCUT2D eigenvalue weighted by molar-refractivity contribution is -0.384. The average molecular weight is 399 g/mol. The van der Waals surface area contributed by atoms with E-state index in [0.29, 0.717) is 32.6 Å². The van der Waals surface area contributed by atoms with Gasteiger partial charge < -0.3 is 9.80 Å². The van der Waals surface area contributed by atoms with Crippen molar-refractivity contribution in [2.45, 2.75) is 18.5 Å². The third-order valence-electron chi connectivity index (χ3n) is 5.49. The standard InChI is InChI=1S/C20H22FN5O3/c21-15-3-1-14(2-4-15)18-13-19(23-22-18)20(27)25-11-9-24(10-12-25)16-5-7-17(8-6-16)26(28)29/h1-8,18-19,22-23H,9-13H2. The minimum absolute atomic E-state index is 0.0362. The number of nitro benzene ring substituents is 1. The Morgan fingerprint density at radius 3 is 2.28 bits per heavy atom. The van der Waals surface area contributed by atoms with E-state index in [1.807, 2.05) is 4.90 Å². The Bertz CT molecular complexity index is 882. The molecule has 2 fully saturated rings. The first kappa shape index (κ1) is 19.3. The Kier molecular flexibility index (Phi) is 5.41. The SMILES string of the molecule is O=C(C1CC(c2ccc(F)cc2)NN1)N1CCN(c2ccc([N+](=O)[O-])cc2)CC1. The van der Waals surface area contributed by atoms with Crippen LogP contribution in [0, 0.1) is 15.9 Å². The molecule has 2 aliphatic heterocycles. The van der Waals surface area contributed by atoms with Crippen molar-refractivity contribution >= 4 is 17.3 Å². The van der Waals surface area contributed by atoms with Crippen molar-refractivity contribution in [1.29, 1.82) is 0 Å². The highest BCUT2D eigenvalue weighted by Gasteiger charge is 2.34. The molecule has 9 heteroatoms. The fraction of sp³-hybridized carbons (Fsp3) is 0.350. The number of hydrogen-bond donors (Lipinski definition) is 2. The van der Waals surface area contributed by atoms with Crippen LogP contribution in [0.2, 0.25) is 0 Å². The van der Waals surface area contributed by atoms with Gasteiger partial charge in [0.25, 0.3) is 5.69 Å². The zero-order valence-electron chi connectivity index (χ0n) is 15.8. The average Bonchev–Trinajstić information content (AvgIpc) is 3.24. The number of piperazine rings is 1.